The molecule has 0 saturated heterocycles. The number of carbonyl (C=O) groups excluding carboxylic acids is 1. The highest BCUT2D eigenvalue weighted by atomic mass is 35.5. The first kappa shape index (κ1) is 14.9. The van der Waals surface area contributed by atoms with Crippen LogP contribution in [0.25, 0.3) is 0 Å². The number of carbonyl (C=O) groups is 1. The van der Waals surface area contributed by atoms with Gasteiger partial charge in [-0.3, -0.25) is 4.79 Å². The van der Waals surface area contributed by atoms with Crippen LogP contribution in [0.2, 0.25) is 0 Å². The first-order chi connectivity index (χ1) is 8.65. The Morgan fingerprint density at radius 3 is 2.61 bits per heavy atom. The number of hydrogen-bond acceptors (Lipinski definition) is 1. The summed E-state index contributed by atoms with van der Waals surface area (Å²) in [4.78, 5) is 11.6. The van der Waals surface area contributed by atoms with E-state index in [1.807, 2.05) is 0 Å². The van der Waals surface area contributed by atoms with E-state index in [-0.39, 0.29) is 5.56 Å². The number of benzene rings is 1. The van der Waals surface area contributed by atoms with Crippen molar-refractivity contribution < 1.29 is 13.6 Å². The molecule has 0 aliphatic heterocycles. The molecule has 1 aromatic rings. The zero-order valence-corrected chi connectivity index (χ0v) is 10.8. The summed E-state index contributed by atoms with van der Waals surface area (Å²) in [5, 5.41) is 2.57. The minimum atomic E-state index is -0.712. The molecule has 0 saturated carbocycles. The van der Waals surface area contributed by atoms with Crippen LogP contribution in [-0.4, -0.2) is 18.3 Å². The summed E-state index contributed by atoms with van der Waals surface area (Å²) < 4.78 is 26.1. The second-order valence-corrected chi connectivity index (χ2v) is 4.36. The lowest BCUT2D eigenvalue weighted by molar-refractivity contribution is 0.0948. The van der Waals surface area contributed by atoms with Crippen LogP contribution in [0, 0.1) is 11.6 Å². The van der Waals surface area contributed by atoms with Crippen molar-refractivity contribution in [3.05, 3.63) is 35.4 Å². The van der Waals surface area contributed by atoms with Gasteiger partial charge < -0.3 is 5.32 Å². The van der Waals surface area contributed by atoms with Gasteiger partial charge in [0.05, 0.1) is 5.56 Å². The van der Waals surface area contributed by atoms with E-state index in [1.165, 1.54) is 0 Å². The molecule has 0 unspecified atom stereocenters. The van der Waals surface area contributed by atoms with Crippen LogP contribution in [0.4, 0.5) is 8.78 Å². The standard InChI is InChI=1S/C13H16ClF2NO/c14-7-3-1-2-4-8-17-13(18)11-9-10(15)5-6-12(11)16/h5-6,9H,1-4,7-8H2,(H,17,18). The minimum Gasteiger partial charge on any atom is -0.352 e. The number of halogens is 3. The average molecular weight is 276 g/mol. The molecule has 5 heteroatoms. The Bertz CT molecular complexity index is 399. The fourth-order valence-electron chi connectivity index (χ4n) is 1.54. The summed E-state index contributed by atoms with van der Waals surface area (Å²) >= 11 is 5.53. The third-order valence-electron chi connectivity index (χ3n) is 2.52. The van der Waals surface area contributed by atoms with Crippen molar-refractivity contribution in [2.45, 2.75) is 25.7 Å². The van der Waals surface area contributed by atoms with E-state index in [0.717, 1.165) is 43.9 Å². The fourth-order valence-corrected chi connectivity index (χ4v) is 1.73. The minimum absolute atomic E-state index is 0.254. The zero-order chi connectivity index (χ0) is 13.4. The molecule has 100 valence electrons. The molecule has 0 fully saturated rings. The van der Waals surface area contributed by atoms with E-state index in [1.54, 1.807) is 0 Å². The number of hydrogen-bond donors (Lipinski definition) is 1. The lowest BCUT2D eigenvalue weighted by Crippen LogP contribution is -2.25. The molecule has 2 nitrogen and oxygen atoms in total. The molecule has 0 radical (unpaired) electrons. The molecule has 0 spiro atoms. The van der Waals surface area contributed by atoms with Crippen LogP contribution in [0.3, 0.4) is 0 Å². The Morgan fingerprint density at radius 1 is 1.17 bits per heavy atom. The highest BCUT2D eigenvalue weighted by Gasteiger charge is 2.11. The molecule has 0 heterocycles. The predicted molar refractivity (Wildman–Crippen MR) is 67.9 cm³/mol. The number of rotatable bonds is 7. The summed E-state index contributed by atoms with van der Waals surface area (Å²) in [6.07, 6.45) is 3.72. The molecular weight excluding hydrogens is 260 g/mol. The monoisotopic (exact) mass is 275 g/mol. The molecular formula is C13H16ClF2NO. The van der Waals surface area contributed by atoms with E-state index in [0.29, 0.717) is 12.4 Å². The van der Waals surface area contributed by atoms with Gasteiger partial charge in [-0.05, 0) is 31.0 Å². The van der Waals surface area contributed by atoms with Crippen molar-refractivity contribution in [3.63, 3.8) is 0 Å². The van der Waals surface area contributed by atoms with E-state index in [2.05, 4.69) is 5.32 Å². The van der Waals surface area contributed by atoms with Crippen LogP contribution in [0.1, 0.15) is 36.0 Å². The van der Waals surface area contributed by atoms with Crippen molar-refractivity contribution in [1.82, 2.24) is 5.32 Å². The predicted octanol–water partition coefficient (Wildman–Crippen LogP) is 3.49. The van der Waals surface area contributed by atoms with E-state index >= 15 is 0 Å². The largest absolute Gasteiger partial charge is 0.352 e. The van der Waals surface area contributed by atoms with Crippen LogP contribution in [0.5, 0.6) is 0 Å². The van der Waals surface area contributed by atoms with Gasteiger partial charge in [0, 0.05) is 12.4 Å². The van der Waals surface area contributed by atoms with Gasteiger partial charge >= 0.3 is 0 Å². The quantitative estimate of drug-likeness (QED) is 0.599. The summed E-state index contributed by atoms with van der Waals surface area (Å²) in [7, 11) is 0. The molecule has 1 aromatic carbocycles. The Hall–Kier alpha value is -1.16. The maximum atomic E-state index is 13.3. The van der Waals surface area contributed by atoms with Crippen molar-refractivity contribution >= 4 is 17.5 Å². The lowest BCUT2D eigenvalue weighted by atomic mass is 10.1. The van der Waals surface area contributed by atoms with E-state index in [9.17, 15) is 13.6 Å². The number of amides is 1. The normalized spacial score (nSPS) is 10.4. The molecule has 0 aliphatic carbocycles. The third-order valence-corrected chi connectivity index (χ3v) is 2.79. The lowest BCUT2D eigenvalue weighted by Gasteiger charge is -2.06. The Labute approximate surface area is 110 Å². The Morgan fingerprint density at radius 2 is 1.89 bits per heavy atom. The average Bonchev–Trinajstić information content (AvgIpc) is 2.36. The van der Waals surface area contributed by atoms with Gasteiger partial charge in [0.25, 0.3) is 5.91 Å². The van der Waals surface area contributed by atoms with E-state index in [4.69, 9.17) is 11.6 Å². The first-order valence-electron chi connectivity index (χ1n) is 5.94. The molecule has 1 N–H and O–H groups in total. The SMILES string of the molecule is O=C(NCCCCCCCl)c1cc(F)ccc1F. The summed E-state index contributed by atoms with van der Waals surface area (Å²) in [5.41, 5.74) is -0.254. The zero-order valence-electron chi connectivity index (χ0n) is 10.0. The van der Waals surface area contributed by atoms with Gasteiger partial charge in [0.1, 0.15) is 11.6 Å². The fraction of sp³-hybridized carbons (Fsp3) is 0.462. The topological polar surface area (TPSA) is 29.1 Å². The van der Waals surface area contributed by atoms with E-state index < -0.39 is 17.5 Å². The highest BCUT2D eigenvalue weighted by molar-refractivity contribution is 6.17. The van der Waals surface area contributed by atoms with Crippen molar-refractivity contribution in [1.29, 1.82) is 0 Å². The second kappa shape index (κ2) is 8.03. The summed E-state index contributed by atoms with van der Waals surface area (Å²) in [6.45, 7) is 0.455. The highest BCUT2D eigenvalue weighted by Crippen LogP contribution is 2.09. The molecule has 1 rings (SSSR count). The molecule has 0 aliphatic rings. The smallest absolute Gasteiger partial charge is 0.254 e. The van der Waals surface area contributed by atoms with Gasteiger partial charge in [-0.2, -0.15) is 0 Å². The first-order valence-corrected chi connectivity index (χ1v) is 6.48. The summed E-state index contributed by atoms with van der Waals surface area (Å²) in [5.74, 6) is -1.27. The number of alkyl halides is 1. The maximum Gasteiger partial charge on any atom is 0.254 e. The van der Waals surface area contributed by atoms with Gasteiger partial charge in [-0.1, -0.05) is 12.8 Å². The molecule has 18 heavy (non-hydrogen) atoms. The van der Waals surface area contributed by atoms with Crippen LogP contribution in [-0.2, 0) is 0 Å². The molecule has 0 aromatic heterocycles. The Balaban J connectivity index is 2.34. The van der Waals surface area contributed by atoms with Gasteiger partial charge in [-0.15, -0.1) is 11.6 Å². The third kappa shape index (κ3) is 5.00. The van der Waals surface area contributed by atoms with Gasteiger partial charge in [0.2, 0.25) is 0 Å². The summed E-state index contributed by atoms with van der Waals surface area (Å²) in [6, 6.07) is 2.83. The second-order valence-electron chi connectivity index (χ2n) is 3.98. The van der Waals surface area contributed by atoms with Gasteiger partial charge in [0.15, 0.2) is 0 Å². The molecule has 0 bridgehead atoms. The van der Waals surface area contributed by atoms with Crippen molar-refractivity contribution in [2.75, 3.05) is 12.4 Å². The number of unbranched alkanes of at least 4 members (excludes halogenated alkanes) is 3. The number of nitrogens with one attached hydrogen (secondary N) is 1. The van der Waals surface area contributed by atoms with Crippen LogP contribution < -0.4 is 5.32 Å². The maximum absolute atomic E-state index is 13.3. The van der Waals surface area contributed by atoms with Gasteiger partial charge in [-0.25, -0.2) is 8.78 Å². The molecule has 1 amide bonds. The molecule has 0 atom stereocenters. The van der Waals surface area contributed by atoms with Crippen molar-refractivity contribution in [2.24, 2.45) is 0 Å². The Kier molecular flexibility index (Phi) is 6.65. The van der Waals surface area contributed by atoms with Crippen molar-refractivity contribution in [3.8, 4) is 0 Å². The van der Waals surface area contributed by atoms with Crippen LogP contribution in [0.15, 0.2) is 18.2 Å². The van der Waals surface area contributed by atoms with Crippen LogP contribution >= 0.6 is 11.6 Å².